The summed E-state index contributed by atoms with van der Waals surface area (Å²) >= 11 is 0. The molecule has 0 bridgehead atoms. The van der Waals surface area contributed by atoms with Gasteiger partial charge < -0.3 is 19.2 Å². The van der Waals surface area contributed by atoms with Gasteiger partial charge >= 0.3 is 0 Å². The Morgan fingerprint density at radius 3 is 2.77 bits per heavy atom. The Balaban J connectivity index is 2.13. The largest absolute Gasteiger partial charge is 0.374 e. The highest BCUT2D eigenvalue weighted by atomic mass is 16.6. The maximum Gasteiger partial charge on any atom is 0.269 e. The summed E-state index contributed by atoms with van der Waals surface area (Å²) in [6.07, 6.45) is 1.43. The Labute approximate surface area is 127 Å². The summed E-state index contributed by atoms with van der Waals surface area (Å²) in [5, 5.41) is 11.0. The molecule has 2 aliphatic heterocycles. The van der Waals surface area contributed by atoms with Crippen molar-refractivity contribution < 1.29 is 19.2 Å². The van der Waals surface area contributed by atoms with Crippen molar-refractivity contribution >= 4 is 23.9 Å². The van der Waals surface area contributed by atoms with E-state index in [4.69, 9.17) is 4.74 Å². The summed E-state index contributed by atoms with van der Waals surface area (Å²) in [6, 6.07) is 4.23. The van der Waals surface area contributed by atoms with Gasteiger partial charge in [-0.05, 0) is 25.0 Å². The van der Waals surface area contributed by atoms with Crippen molar-refractivity contribution in [3.63, 3.8) is 0 Å². The average molecular weight is 304 g/mol. The number of carbonyl (C=O) groups is 2. The first-order valence-corrected chi connectivity index (χ1v) is 7.09. The smallest absolute Gasteiger partial charge is 0.269 e. The highest BCUT2D eigenvalue weighted by Crippen LogP contribution is 2.42. The molecule has 22 heavy (non-hydrogen) atoms. The van der Waals surface area contributed by atoms with Gasteiger partial charge in [0.15, 0.2) is 0 Å². The van der Waals surface area contributed by atoms with Crippen molar-refractivity contribution in [2.75, 3.05) is 18.1 Å². The van der Waals surface area contributed by atoms with Gasteiger partial charge in [0.25, 0.3) is 5.69 Å². The number of hydrogen-bond donors (Lipinski definition) is 0. The Bertz CT molecular complexity index is 637. The number of nitro groups is 1. The van der Waals surface area contributed by atoms with Crippen molar-refractivity contribution in [3.05, 3.63) is 33.9 Å². The molecule has 0 aromatic heterocycles. The minimum Gasteiger partial charge on any atom is -0.374 e. The third-order valence-electron chi connectivity index (χ3n) is 4.51. The molecule has 2 unspecified atom stereocenters. The van der Waals surface area contributed by atoms with Gasteiger partial charge in [0.2, 0.25) is 0 Å². The number of fused-ring (bicyclic) bond motifs is 3. The van der Waals surface area contributed by atoms with Gasteiger partial charge in [-0.3, -0.25) is 10.1 Å². The van der Waals surface area contributed by atoms with E-state index in [-0.39, 0.29) is 30.9 Å². The van der Waals surface area contributed by atoms with E-state index in [1.807, 2.05) is 11.8 Å². The van der Waals surface area contributed by atoms with Crippen molar-refractivity contribution in [3.8, 4) is 0 Å². The second-order valence-corrected chi connectivity index (χ2v) is 5.91. The number of nitrogens with zero attached hydrogens (tertiary/aromatic N) is 2. The third-order valence-corrected chi connectivity index (χ3v) is 4.51. The number of rotatable bonds is 3. The molecule has 1 saturated heterocycles. The van der Waals surface area contributed by atoms with Gasteiger partial charge in [-0.15, -0.1) is 0 Å². The zero-order valence-electron chi connectivity index (χ0n) is 12.1. The molecule has 0 aliphatic carbocycles. The highest BCUT2D eigenvalue weighted by Gasteiger charge is 2.49. The molecule has 3 rings (SSSR count). The van der Waals surface area contributed by atoms with Crippen LogP contribution in [0.3, 0.4) is 0 Å². The SMILES string of the molecule is CC1CN2c3ccc([N+](=O)[O-])cc3CC(C=O)(C=O)C2CO1. The monoisotopic (exact) mass is 304 g/mol. The van der Waals surface area contributed by atoms with Crippen molar-refractivity contribution in [1.82, 2.24) is 0 Å². The van der Waals surface area contributed by atoms with Gasteiger partial charge in [0.1, 0.15) is 18.0 Å². The fourth-order valence-electron chi connectivity index (χ4n) is 3.34. The number of aldehydes is 2. The molecule has 116 valence electrons. The van der Waals surface area contributed by atoms with Crippen LogP contribution in [0.15, 0.2) is 18.2 Å². The van der Waals surface area contributed by atoms with Gasteiger partial charge in [-0.25, -0.2) is 0 Å². The first-order valence-electron chi connectivity index (χ1n) is 7.09. The summed E-state index contributed by atoms with van der Waals surface area (Å²) in [6.45, 7) is 2.74. The second kappa shape index (κ2) is 5.17. The van der Waals surface area contributed by atoms with Crippen LogP contribution in [0.2, 0.25) is 0 Å². The lowest BCUT2D eigenvalue weighted by molar-refractivity contribution is -0.384. The Kier molecular flexibility index (Phi) is 3.44. The zero-order chi connectivity index (χ0) is 15.9. The molecule has 0 saturated carbocycles. The van der Waals surface area contributed by atoms with Gasteiger partial charge in [0.05, 0.1) is 23.7 Å². The first-order chi connectivity index (χ1) is 10.5. The summed E-state index contributed by atoms with van der Waals surface area (Å²) in [4.78, 5) is 35.7. The normalized spacial score (nSPS) is 25.8. The van der Waals surface area contributed by atoms with E-state index in [2.05, 4.69) is 0 Å². The lowest BCUT2D eigenvalue weighted by atomic mass is 9.73. The predicted octanol–water partition coefficient (Wildman–Crippen LogP) is 1.13. The second-order valence-electron chi connectivity index (χ2n) is 5.91. The van der Waals surface area contributed by atoms with Gasteiger partial charge in [-0.2, -0.15) is 0 Å². The van der Waals surface area contributed by atoms with Gasteiger partial charge in [-0.1, -0.05) is 0 Å². The quantitative estimate of drug-likeness (QED) is 0.360. The number of hydrogen-bond acceptors (Lipinski definition) is 6. The maximum atomic E-state index is 11.6. The van der Waals surface area contributed by atoms with Crippen LogP contribution in [-0.2, 0) is 20.7 Å². The molecular weight excluding hydrogens is 288 g/mol. The number of carbonyl (C=O) groups excluding carboxylic acids is 2. The fraction of sp³-hybridized carbons (Fsp3) is 0.467. The zero-order valence-corrected chi connectivity index (χ0v) is 12.1. The third kappa shape index (κ3) is 2.09. The topological polar surface area (TPSA) is 89.8 Å². The fourth-order valence-corrected chi connectivity index (χ4v) is 3.34. The number of benzene rings is 1. The van der Waals surface area contributed by atoms with Crippen LogP contribution >= 0.6 is 0 Å². The number of nitro benzene ring substituents is 1. The molecular formula is C15H16N2O5. The molecule has 0 radical (unpaired) electrons. The van der Waals surface area contributed by atoms with E-state index in [1.54, 1.807) is 6.07 Å². The van der Waals surface area contributed by atoms with Crippen molar-refractivity contribution in [2.24, 2.45) is 5.41 Å². The molecule has 2 atom stereocenters. The molecule has 2 aliphatic rings. The summed E-state index contributed by atoms with van der Waals surface area (Å²) in [7, 11) is 0. The molecule has 1 aromatic rings. The molecule has 2 heterocycles. The standard InChI is InChI=1S/C15H16N2O5/c1-10-6-16-13-3-2-12(17(20)21)4-11(13)5-15(8-18,9-19)14(16)7-22-10/h2-4,8-10,14H,5-7H2,1H3. The number of non-ortho nitro benzene ring substituents is 1. The lowest BCUT2D eigenvalue weighted by Gasteiger charge is -2.50. The minimum absolute atomic E-state index is 0.0339. The van der Waals surface area contributed by atoms with Crippen LogP contribution < -0.4 is 4.90 Å². The molecule has 0 N–H and O–H groups in total. The van der Waals surface area contributed by atoms with Crippen LogP contribution in [0.5, 0.6) is 0 Å². The van der Waals surface area contributed by atoms with E-state index in [0.29, 0.717) is 24.7 Å². The van der Waals surface area contributed by atoms with E-state index >= 15 is 0 Å². The summed E-state index contributed by atoms with van der Waals surface area (Å²) in [5.74, 6) is 0. The maximum absolute atomic E-state index is 11.6. The van der Waals surface area contributed by atoms with E-state index < -0.39 is 10.3 Å². The number of ether oxygens (including phenoxy) is 1. The summed E-state index contributed by atoms with van der Waals surface area (Å²) < 4.78 is 5.62. The molecule has 7 nitrogen and oxygen atoms in total. The van der Waals surface area contributed by atoms with Crippen LogP contribution in [0.1, 0.15) is 12.5 Å². The minimum atomic E-state index is -1.22. The van der Waals surface area contributed by atoms with E-state index in [0.717, 1.165) is 5.69 Å². The highest BCUT2D eigenvalue weighted by molar-refractivity contribution is 5.88. The first kappa shape index (κ1) is 14.6. The number of anilines is 1. The average Bonchev–Trinajstić information content (AvgIpc) is 2.53. The van der Waals surface area contributed by atoms with Crippen LogP contribution in [0.4, 0.5) is 11.4 Å². The van der Waals surface area contributed by atoms with Gasteiger partial charge in [0, 0.05) is 24.4 Å². The molecule has 1 fully saturated rings. The van der Waals surface area contributed by atoms with Crippen molar-refractivity contribution in [2.45, 2.75) is 25.5 Å². The Morgan fingerprint density at radius 1 is 1.41 bits per heavy atom. The molecule has 1 aromatic carbocycles. The van der Waals surface area contributed by atoms with E-state index in [1.165, 1.54) is 12.1 Å². The van der Waals surface area contributed by atoms with Crippen LogP contribution in [-0.4, -0.2) is 42.8 Å². The lowest BCUT2D eigenvalue weighted by Crippen LogP contribution is -2.61. The Hall–Kier alpha value is -2.28. The van der Waals surface area contributed by atoms with E-state index in [9.17, 15) is 19.7 Å². The Morgan fingerprint density at radius 2 is 2.14 bits per heavy atom. The van der Waals surface area contributed by atoms with Crippen LogP contribution in [0.25, 0.3) is 0 Å². The van der Waals surface area contributed by atoms with Crippen molar-refractivity contribution in [1.29, 1.82) is 0 Å². The van der Waals surface area contributed by atoms with Crippen LogP contribution in [0, 0.1) is 15.5 Å². The molecule has 7 heteroatoms. The summed E-state index contributed by atoms with van der Waals surface area (Å²) in [5.41, 5.74) is 0.232. The number of morpholine rings is 1. The predicted molar refractivity (Wildman–Crippen MR) is 77.9 cm³/mol. The molecule has 0 spiro atoms. The molecule has 0 amide bonds.